The van der Waals surface area contributed by atoms with Gasteiger partial charge < -0.3 is 10.0 Å². The van der Waals surface area contributed by atoms with Gasteiger partial charge in [-0.3, -0.25) is 14.6 Å². The summed E-state index contributed by atoms with van der Waals surface area (Å²) in [4.78, 5) is 31.6. The summed E-state index contributed by atoms with van der Waals surface area (Å²) < 4.78 is 13.4. The molecule has 0 radical (unpaired) electrons. The molecule has 1 unspecified atom stereocenters. The molecule has 1 aliphatic heterocycles. The van der Waals surface area contributed by atoms with Crippen molar-refractivity contribution in [3.05, 3.63) is 107 Å². The van der Waals surface area contributed by atoms with Gasteiger partial charge in [0, 0.05) is 24.5 Å². The van der Waals surface area contributed by atoms with Gasteiger partial charge in [-0.25, -0.2) is 4.39 Å². The Bertz CT molecular complexity index is 1170. The van der Waals surface area contributed by atoms with Crippen LogP contribution in [0.3, 0.4) is 0 Å². The van der Waals surface area contributed by atoms with E-state index in [2.05, 4.69) is 18.8 Å². The number of pyridine rings is 1. The van der Waals surface area contributed by atoms with E-state index in [9.17, 15) is 19.1 Å². The molecule has 32 heavy (non-hydrogen) atoms. The molecule has 1 aliphatic rings. The highest BCUT2D eigenvalue weighted by Crippen LogP contribution is 2.40. The van der Waals surface area contributed by atoms with E-state index in [4.69, 9.17) is 0 Å². The molecular formula is C26H23FN2O3. The van der Waals surface area contributed by atoms with Gasteiger partial charge in [0.15, 0.2) is 0 Å². The minimum Gasteiger partial charge on any atom is -0.507 e. The zero-order valence-corrected chi connectivity index (χ0v) is 17.8. The lowest BCUT2D eigenvalue weighted by Gasteiger charge is -2.25. The summed E-state index contributed by atoms with van der Waals surface area (Å²) in [6.07, 6.45) is 3.27. The Kier molecular flexibility index (Phi) is 5.86. The van der Waals surface area contributed by atoms with Gasteiger partial charge in [-0.15, -0.1) is 0 Å². The second kappa shape index (κ2) is 8.75. The summed E-state index contributed by atoms with van der Waals surface area (Å²) >= 11 is 0. The topological polar surface area (TPSA) is 70.5 Å². The lowest BCUT2D eigenvalue weighted by atomic mass is 9.93. The van der Waals surface area contributed by atoms with Crippen molar-refractivity contribution in [1.29, 1.82) is 0 Å². The summed E-state index contributed by atoms with van der Waals surface area (Å²) in [6.45, 7) is 4.32. The first-order valence-electron chi connectivity index (χ1n) is 10.4. The number of amides is 1. The van der Waals surface area contributed by atoms with Gasteiger partial charge in [0.05, 0.1) is 11.6 Å². The zero-order valence-electron chi connectivity index (χ0n) is 17.8. The van der Waals surface area contributed by atoms with Crippen molar-refractivity contribution in [2.24, 2.45) is 0 Å². The van der Waals surface area contributed by atoms with Crippen LogP contribution in [0.1, 0.15) is 48.1 Å². The number of ketones is 1. The van der Waals surface area contributed by atoms with Crippen molar-refractivity contribution in [3.63, 3.8) is 0 Å². The first kappa shape index (κ1) is 21.4. The molecule has 1 fully saturated rings. The lowest BCUT2D eigenvalue weighted by Crippen LogP contribution is -2.29. The molecule has 2 aromatic carbocycles. The highest BCUT2D eigenvalue weighted by molar-refractivity contribution is 6.46. The number of hydrogen-bond acceptors (Lipinski definition) is 4. The Balaban J connectivity index is 1.84. The second-order valence-electron chi connectivity index (χ2n) is 8.12. The highest BCUT2D eigenvalue weighted by atomic mass is 19.1. The molecule has 6 heteroatoms. The third-order valence-corrected chi connectivity index (χ3v) is 5.65. The smallest absolute Gasteiger partial charge is 0.295 e. The Morgan fingerprint density at radius 2 is 1.75 bits per heavy atom. The van der Waals surface area contributed by atoms with Gasteiger partial charge in [0.2, 0.25) is 0 Å². The zero-order chi connectivity index (χ0) is 22.8. The number of hydrogen-bond donors (Lipinski definition) is 1. The van der Waals surface area contributed by atoms with Crippen LogP contribution in [0.5, 0.6) is 0 Å². The van der Waals surface area contributed by atoms with E-state index < -0.39 is 23.5 Å². The summed E-state index contributed by atoms with van der Waals surface area (Å²) in [7, 11) is 0. The number of rotatable bonds is 5. The molecule has 0 spiro atoms. The van der Waals surface area contributed by atoms with Crippen molar-refractivity contribution in [1.82, 2.24) is 9.88 Å². The molecule has 4 rings (SSSR count). The minimum atomic E-state index is -0.776. The van der Waals surface area contributed by atoms with Gasteiger partial charge >= 0.3 is 0 Å². The largest absolute Gasteiger partial charge is 0.507 e. The normalized spacial score (nSPS) is 17.9. The standard InChI is InChI=1S/C26H23FN2O3/c1-16(2)18-5-7-19(8-6-18)23-22(24(30)20-9-11-21(27)12-10-20)25(31)26(32)29(23)15-17-4-3-13-28-14-17/h3-14,16,23,30H,15H2,1-2H3. The van der Waals surface area contributed by atoms with E-state index in [0.717, 1.165) is 11.1 Å². The number of likely N-dealkylation sites (tertiary alicyclic amines) is 1. The third kappa shape index (κ3) is 4.04. The first-order chi connectivity index (χ1) is 15.4. The van der Waals surface area contributed by atoms with Crippen LogP contribution in [-0.2, 0) is 16.1 Å². The van der Waals surface area contributed by atoms with Crippen LogP contribution in [0, 0.1) is 5.82 Å². The average Bonchev–Trinajstić information content (AvgIpc) is 3.05. The number of aromatic nitrogens is 1. The van der Waals surface area contributed by atoms with E-state index >= 15 is 0 Å². The maximum atomic E-state index is 13.4. The molecule has 1 aromatic heterocycles. The number of carbonyl (C=O) groups excluding carboxylic acids is 2. The van der Waals surface area contributed by atoms with Crippen molar-refractivity contribution in [3.8, 4) is 0 Å². The summed E-state index contributed by atoms with van der Waals surface area (Å²) in [5.41, 5.74) is 2.86. The number of benzene rings is 2. The molecule has 3 aromatic rings. The van der Waals surface area contributed by atoms with Crippen molar-refractivity contribution < 1.29 is 19.1 Å². The van der Waals surface area contributed by atoms with Gasteiger partial charge in [-0.1, -0.05) is 44.2 Å². The van der Waals surface area contributed by atoms with Crippen molar-refractivity contribution >= 4 is 17.4 Å². The molecule has 162 valence electrons. The monoisotopic (exact) mass is 430 g/mol. The molecule has 5 nitrogen and oxygen atoms in total. The van der Waals surface area contributed by atoms with Gasteiger partial charge in [0.25, 0.3) is 11.7 Å². The highest BCUT2D eigenvalue weighted by Gasteiger charge is 2.46. The molecule has 1 N–H and O–H groups in total. The molecule has 1 atom stereocenters. The van der Waals surface area contributed by atoms with Gasteiger partial charge in [0.1, 0.15) is 11.6 Å². The predicted molar refractivity (Wildman–Crippen MR) is 119 cm³/mol. The number of Topliss-reactive ketones (excluding diaryl/α,β-unsaturated/α-hetero) is 1. The Morgan fingerprint density at radius 1 is 1.06 bits per heavy atom. The van der Waals surface area contributed by atoms with Crippen LogP contribution in [0.25, 0.3) is 5.76 Å². The van der Waals surface area contributed by atoms with Crippen LogP contribution >= 0.6 is 0 Å². The number of aliphatic hydroxyl groups is 1. The maximum Gasteiger partial charge on any atom is 0.295 e. The van der Waals surface area contributed by atoms with Crippen molar-refractivity contribution in [2.75, 3.05) is 0 Å². The van der Waals surface area contributed by atoms with Gasteiger partial charge in [-0.2, -0.15) is 0 Å². The minimum absolute atomic E-state index is 0.0113. The maximum absolute atomic E-state index is 13.4. The third-order valence-electron chi connectivity index (χ3n) is 5.65. The summed E-state index contributed by atoms with van der Waals surface area (Å²) in [6, 6.07) is 15.7. The second-order valence-corrected chi connectivity index (χ2v) is 8.12. The summed E-state index contributed by atoms with van der Waals surface area (Å²) in [5.74, 6) is -1.93. The molecule has 2 heterocycles. The fourth-order valence-corrected chi connectivity index (χ4v) is 3.90. The molecular weight excluding hydrogens is 407 g/mol. The van der Waals surface area contributed by atoms with Crippen LogP contribution in [0.4, 0.5) is 4.39 Å². The Hall–Kier alpha value is -3.80. The number of aliphatic hydroxyl groups excluding tert-OH is 1. The quantitative estimate of drug-likeness (QED) is 0.353. The molecule has 0 saturated carbocycles. The number of carbonyl (C=O) groups is 2. The van der Waals surface area contributed by atoms with Crippen molar-refractivity contribution in [2.45, 2.75) is 32.4 Å². The predicted octanol–water partition coefficient (Wildman–Crippen LogP) is 4.97. The Labute approximate surface area is 185 Å². The van der Waals surface area contributed by atoms with Crippen LogP contribution < -0.4 is 0 Å². The van der Waals surface area contributed by atoms with E-state index in [1.807, 2.05) is 30.3 Å². The van der Waals surface area contributed by atoms with E-state index in [0.29, 0.717) is 11.5 Å². The van der Waals surface area contributed by atoms with Crippen LogP contribution in [0.15, 0.2) is 78.6 Å². The molecule has 1 saturated heterocycles. The average molecular weight is 430 g/mol. The van der Waals surface area contributed by atoms with E-state index in [1.54, 1.807) is 18.5 Å². The van der Waals surface area contributed by atoms with Crippen LogP contribution in [-0.4, -0.2) is 26.7 Å². The molecule has 0 bridgehead atoms. The number of nitrogens with zero attached hydrogens (tertiary/aromatic N) is 2. The van der Waals surface area contributed by atoms with Crippen LogP contribution in [0.2, 0.25) is 0 Å². The fraction of sp³-hybridized carbons (Fsp3) is 0.192. The Morgan fingerprint density at radius 3 is 2.34 bits per heavy atom. The first-order valence-corrected chi connectivity index (χ1v) is 10.4. The molecule has 0 aliphatic carbocycles. The summed E-state index contributed by atoms with van der Waals surface area (Å²) in [5, 5.41) is 11.0. The SMILES string of the molecule is CC(C)c1ccc(C2C(=C(O)c3ccc(F)cc3)C(=O)C(=O)N2Cc2cccnc2)cc1. The lowest BCUT2D eigenvalue weighted by molar-refractivity contribution is -0.140. The van der Waals surface area contributed by atoms with E-state index in [1.165, 1.54) is 29.2 Å². The fourth-order valence-electron chi connectivity index (χ4n) is 3.90. The van der Waals surface area contributed by atoms with E-state index in [-0.39, 0.29) is 23.4 Å². The van der Waals surface area contributed by atoms with Gasteiger partial charge in [-0.05, 0) is 52.9 Å². The number of halogens is 1. The molecule has 1 amide bonds.